The number of primary amides is 1. The molecule has 0 aliphatic heterocycles. The number of benzene rings is 1. The van der Waals surface area contributed by atoms with Gasteiger partial charge in [0.25, 0.3) is 0 Å². The van der Waals surface area contributed by atoms with Crippen molar-refractivity contribution in [1.82, 2.24) is 0 Å². The molecule has 1 amide bonds. The van der Waals surface area contributed by atoms with E-state index in [1.165, 1.54) is 13.0 Å². The van der Waals surface area contributed by atoms with Crippen LogP contribution < -0.4 is 5.73 Å². The largest absolute Gasteiger partial charge is 0.366 e. The highest BCUT2D eigenvalue weighted by atomic mass is 35.5. The molecule has 0 heterocycles. The van der Waals surface area contributed by atoms with Crippen molar-refractivity contribution >= 4 is 23.3 Å². The summed E-state index contributed by atoms with van der Waals surface area (Å²) < 4.78 is 0. The van der Waals surface area contributed by atoms with Crippen LogP contribution in [-0.4, -0.2) is 11.7 Å². The summed E-state index contributed by atoms with van der Waals surface area (Å²) in [6, 6.07) is 6.41. The molecule has 0 spiro atoms. The first-order chi connectivity index (χ1) is 7.00. The van der Waals surface area contributed by atoms with E-state index in [-0.39, 0.29) is 11.4 Å². The molecule has 0 aliphatic rings. The van der Waals surface area contributed by atoms with E-state index in [1.807, 2.05) is 0 Å². The fourth-order valence-electron chi connectivity index (χ4n) is 0.965. The second kappa shape index (κ2) is 4.75. The number of rotatable bonds is 3. The molecule has 2 N–H and O–H groups in total. The van der Waals surface area contributed by atoms with E-state index in [9.17, 15) is 9.59 Å². The van der Waals surface area contributed by atoms with Gasteiger partial charge in [0, 0.05) is 16.2 Å². The van der Waals surface area contributed by atoms with Crippen molar-refractivity contribution in [2.45, 2.75) is 6.92 Å². The Morgan fingerprint density at radius 3 is 2.27 bits per heavy atom. The normalized spacial score (nSPS) is 11.2. The molecule has 1 aromatic rings. The molecule has 0 atom stereocenters. The van der Waals surface area contributed by atoms with Crippen LogP contribution in [0.1, 0.15) is 17.3 Å². The molecule has 3 nitrogen and oxygen atoms in total. The van der Waals surface area contributed by atoms with Crippen molar-refractivity contribution < 1.29 is 9.59 Å². The Bertz CT molecular complexity index is 421. The Kier molecular flexibility index (Phi) is 3.63. The summed E-state index contributed by atoms with van der Waals surface area (Å²) in [5.74, 6) is -0.861. The molecule has 0 bridgehead atoms. The van der Waals surface area contributed by atoms with Crippen LogP contribution in [0, 0.1) is 0 Å². The second-order valence-corrected chi connectivity index (χ2v) is 3.50. The number of nitrogens with two attached hydrogens (primary N) is 1. The third-order valence-electron chi connectivity index (χ3n) is 1.86. The fourth-order valence-corrected chi connectivity index (χ4v) is 1.09. The number of ketones is 1. The second-order valence-electron chi connectivity index (χ2n) is 3.06. The lowest BCUT2D eigenvalue weighted by molar-refractivity contribution is -0.114. The zero-order valence-corrected chi connectivity index (χ0v) is 8.91. The van der Waals surface area contributed by atoms with Crippen LogP contribution in [0.4, 0.5) is 0 Å². The third kappa shape index (κ3) is 3.22. The standard InChI is InChI=1S/C11H10ClNO2/c1-7(11(13)15)6-10(14)8-2-4-9(12)5-3-8/h2-6H,1H3,(H2,13,15). The number of hydrogen-bond donors (Lipinski definition) is 1. The van der Waals surface area contributed by atoms with E-state index in [0.717, 1.165) is 0 Å². The molecule has 0 saturated heterocycles. The van der Waals surface area contributed by atoms with E-state index in [2.05, 4.69) is 0 Å². The summed E-state index contributed by atoms with van der Waals surface area (Å²) in [6.07, 6.45) is 1.21. The zero-order valence-electron chi connectivity index (χ0n) is 8.16. The highest BCUT2D eigenvalue weighted by Crippen LogP contribution is 2.10. The molecule has 15 heavy (non-hydrogen) atoms. The minimum absolute atomic E-state index is 0.231. The Morgan fingerprint density at radius 2 is 1.80 bits per heavy atom. The van der Waals surface area contributed by atoms with E-state index in [4.69, 9.17) is 17.3 Å². The molecular weight excluding hydrogens is 214 g/mol. The Balaban J connectivity index is 2.91. The van der Waals surface area contributed by atoms with Gasteiger partial charge < -0.3 is 5.73 Å². The van der Waals surface area contributed by atoms with Crippen LogP contribution >= 0.6 is 11.6 Å². The Morgan fingerprint density at radius 1 is 1.27 bits per heavy atom. The molecule has 0 aliphatic carbocycles. The lowest BCUT2D eigenvalue weighted by Crippen LogP contribution is -2.13. The van der Waals surface area contributed by atoms with Crippen LogP contribution in [0.3, 0.4) is 0 Å². The maximum atomic E-state index is 11.5. The highest BCUT2D eigenvalue weighted by molar-refractivity contribution is 6.30. The van der Waals surface area contributed by atoms with Gasteiger partial charge in [-0.25, -0.2) is 0 Å². The average Bonchev–Trinajstić information content (AvgIpc) is 2.18. The lowest BCUT2D eigenvalue weighted by atomic mass is 10.1. The first-order valence-corrected chi connectivity index (χ1v) is 4.66. The lowest BCUT2D eigenvalue weighted by Gasteiger charge is -1.97. The maximum Gasteiger partial charge on any atom is 0.244 e. The van der Waals surface area contributed by atoms with Crippen molar-refractivity contribution in [1.29, 1.82) is 0 Å². The van der Waals surface area contributed by atoms with Gasteiger partial charge in [-0.05, 0) is 37.3 Å². The van der Waals surface area contributed by atoms with Gasteiger partial charge in [-0.1, -0.05) is 11.6 Å². The van der Waals surface area contributed by atoms with Gasteiger partial charge in [-0.15, -0.1) is 0 Å². The molecule has 0 unspecified atom stereocenters. The minimum atomic E-state index is -0.600. The molecule has 0 saturated carbocycles. The quantitative estimate of drug-likeness (QED) is 0.629. The summed E-state index contributed by atoms with van der Waals surface area (Å²) in [5, 5.41) is 0.558. The first kappa shape index (κ1) is 11.5. The Labute approximate surface area is 92.5 Å². The van der Waals surface area contributed by atoms with Crippen LogP contribution in [-0.2, 0) is 4.79 Å². The van der Waals surface area contributed by atoms with Gasteiger partial charge >= 0.3 is 0 Å². The smallest absolute Gasteiger partial charge is 0.244 e. The number of carbonyl (C=O) groups excluding carboxylic acids is 2. The third-order valence-corrected chi connectivity index (χ3v) is 2.12. The van der Waals surface area contributed by atoms with Gasteiger partial charge in [-0.3, -0.25) is 9.59 Å². The number of allylic oxidation sites excluding steroid dienone is 1. The molecule has 1 aromatic carbocycles. The number of halogens is 1. The predicted molar refractivity (Wildman–Crippen MR) is 58.7 cm³/mol. The van der Waals surface area contributed by atoms with Crippen LogP contribution in [0.25, 0.3) is 0 Å². The summed E-state index contributed by atoms with van der Waals surface area (Å²) in [4.78, 5) is 22.2. The number of carbonyl (C=O) groups is 2. The first-order valence-electron chi connectivity index (χ1n) is 4.28. The maximum absolute atomic E-state index is 11.5. The minimum Gasteiger partial charge on any atom is -0.366 e. The highest BCUT2D eigenvalue weighted by Gasteiger charge is 2.05. The van der Waals surface area contributed by atoms with Gasteiger partial charge in [0.1, 0.15) is 0 Å². The van der Waals surface area contributed by atoms with E-state index < -0.39 is 5.91 Å². The van der Waals surface area contributed by atoms with Gasteiger partial charge in [0.15, 0.2) is 5.78 Å². The Hall–Kier alpha value is -1.61. The van der Waals surface area contributed by atoms with Gasteiger partial charge in [0.2, 0.25) is 5.91 Å². The molecule has 0 radical (unpaired) electrons. The van der Waals surface area contributed by atoms with Gasteiger partial charge in [0.05, 0.1) is 0 Å². The topological polar surface area (TPSA) is 60.2 Å². The van der Waals surface area contributed by atoms with E-state index in [0.29, 0.717) is 10.6 Å². The summed E-state index contributed by atoms with van der Waals surface area (Å²) >= 11 is 5.67. The van der Waals surface area contributed by atoms with Crippen molar-refractivity contribution in [2.75, 3.05) is 0 Å². The predicted octanol–water partition coefficient (Wildman–Crippen LogP) is 1.95. The summed E-state index contributed by atoms with van der Waals surface area (Å²) in [6.45, 7) is 1.50. The molecule has 1 rings (SSSR count). The zero-order chi connectivity index (χ0) is 11.4. The molecule has 4 heteroatoms. The van der Waals surface area contributed by atoms with Crippen molar-refractivity contribution in [3.8, 4) is 0 Å². The van der Waals surface area contributed by atoms with Crippen molar-refractivity contribution in [3.63, 3.8) is 0 Å². The van der Waals surface area contributed by atoms with Crippen LogP contribution in [0.15, 0.2) is 35.9 Å². The fraction of sp³-hybridized carbons (Fsp3) is 0.0909. The molecule has 78 valence electrons. The number of amides is 1. The monoisotopic (exact) mass is 223 g/mol. The molecular formula is C11H10ClNO2. The SMILES string of the molecule is CC(=CC(=O)c1ccc(Cl)cc1)C(N)=O. The molecule has 0 fully saturated rings. The summed E-state index contributed by atoms with van der Waals surface area (Å²) in [5.41, 5.74) is 5.71. The van der Waals surface area contributed by atoms with Crippen molar-refractivity contribution in [3.05, 3.63) is 46.5 Å². The van der Waals surface area contributed by atoms with E-state index >= 15 is 0 Å². The summed E-state index contributed by atoms with van der Waals surface area (Å²) in [7, 11) is 0. The van der Waals surface area contributed by atoms with Crippen molar-refractivity contribution in [2.24, 2.45) is 5.73 Å². The molecule has 0 aromatic heterocycles. The van der Waals surface area contributed by atoms with E-state index in [1.54, 1.807) is 24.3 Å². The van der Waals surface area contributed by atoms with Crippen LogP contribution in [0.2, 0.25) is 5.02 Å². The number of hydrogen-bond acceptors (Lipinski definition) is 2. The average molecular weight is 224 g/mol. The van der Waals surface area contributed by atoms with Gasteiger partial charge in [-0.2, -0.15) is 0 Å². The van der Waals surface area contributed by atoms with Crippen LogP contribution in [0.5, 0.6) is 0 Å².